The standard InChI is InChI=1S/C23H23ClN2O3/c1-3-25(4-2)22(29)23(15-8-7-9-16(24)14-15)13-12-19(23)26-20(27)17-10-5-6-11-18(17)21(26)28/h5-11,14,19H,3-4,12-13H2,1-2H3. The van der Waals surface area contributed by atoms with E-state index < -0.39 is 11.5 Å². The fraction of sp³-hybridized carbons (Fsp3) is 0.348. The monoisotopic (exact) mass is 410 g/mol. The van der Waals surface area contributed by atoms with E-state index in [9.17, 15) is 14.4 Å². The second-order valence-electron chi connectivity index (χ2n) is 7.54. The van der Waals surface area contributed by atoms with Gasteiger partial charge in [-0.25, -0.2) is 0 Å². The molecule has 1 aliphatic heterocycles. The van der Waals surface area contributed by atoms with E-state index in [4.69, 9.17) is 11.6 Å². The zero-order valence-electron chi connectivity index (χ0n) is 16.5. The van der Waals surface area contributed by atoms with Crippen molar-refractivity contribution in [2.45, 2.75) is 38.1 Å². The van der Waals surface area contributed by atoms with Crippen LogP contribution in [-0.2, 0) is 10.2 Å². The van der Waals surface area contributed by atoms with Gasteiger partial charge in [0.05, 0.1) is 22.6 Å². The van der Waals surface area contributed by atoms with E-state index in [1.807, 2.05) is 26.0 Å². The minimum Gasteiger partial charge on any atom is -0.342 e. The molecule has 4 rings (SSSR count). The van der Waals surface area contributed by atoms with Crippen molar-refractivity contribution in [3.05, 3.63) is 70.2 Å². The molecule has 2 aromatic carbocycles. The minimum absolute atomic E-state index is 0.0578. The maximum Gasteiger partial charge on any atom is 0.261 e. The molecule has 5 nitrogen and oxygen atoms in total. The van der Waals surface area contributed by atoms with E-state index >= 15 is 0 Å². The number of carbonyl (C=O) groups is 3. The maximum absolute atomic E-state index is 13.7. The lowest BCUT2D eigenvalue weighted by Crippen LogP contribution is -2.66. The molecule has 150 valence electrons. The van der Waals surface area contributed by atoms with E-state index in [1.165, 1.54) is 4.90 Å². The van der Waals surface area contributed by atoms with Gasteiger partial charge in [0.1, 0.15) is 0 Å². The van der Waals surface area contributed by atoms with Gasteiger partial charge in [0, 0.05) is 18.1 Å². The summed E-state index contributed by atoms with van der Waals surface area (Å²) in [5.74, 6) is -0.708. The molecule has 0 spiro atoms. The van der Waals surface area contributed by atoms with Crippen LogP contribution < -0.4 is 0 Å². The second-order valence-corrected chi connectivity index (χ2v) is 7.98. The third-order valence-electron chi connectivity index (χ3n) is 6.29. The van der Waals surface area contributed by atoms with Gasteiger partial charge < -0.3 is 4.90 Å². The fourth-order valence-corrected chi connectivity index (χ4v) is 4.86. The van der Waals surface area contributed by atoms with Crippen LogP contribution in [0.3, 0.4) is 0 Å². The van der Waals surface area contributed by atoms with Crippen molar-refractivity contribution in [1.29, 1.82) is 0 Å². The number of rotatable bonds is 5. The van der Waals surface area contributed by atoms with Crippen LogP contribution in [0.15, 0.2) is 48.5 Å². The van der Waals surface area contributed by atoms with Crippen LogP contribution >= 0.6 is 11.6 Å². The SMILES string of the molecule is CCN(CC)C(=O)C1(c2cccc(Cl)c2)CCC1N1C(=O)c2ccccc2C1=O. The first-order chi connectivity index (χ1) is 14.0. The van der Waals surface area contributed by atoms with Crippen LogP contribution in [0.25, 0.3) is 0 Å². The quantitative estimate of drug-likeness (QED) is 0.702. The third kappa shape index (κ3) is 2.79. The van der Waals surface area contributed by atoms with Gasteiger partial charge >= 0.3 is 0 Å². The summed E-state index contributed by atoms with van der Waals surface area (Å²) >= 11 is 6.25. The molecular weight excluding hydrogens is 388 g/mol. The number of imide groups is 1. The Bertz CT molecular complexity index is 966. The molecule has 2 aromatic rings. The largest absolute Gasteiger partial charge is 0.342 e. The third-order valence-corrected chi connectivity index (χ3v) is 6.53. The summed E-state index contributed by atoms with van der Waals surface area (Å²) in [5.41, 5.74) is 0.596. The van der Waals surface area contributed by atoms with Crippen LogP contribution in [0.1, 0.15) is 53.0 Å². The molecule has 3 amide bonds. The topological polar surface area (TPSA) is 57.7 Å². The lowest BCUT2D eigenvalue weighted by atomic mass is 9.59. The lowest BCUT2D eigenvalue weighted by molar-refractivity contribution is -0.144. The van der Waals surface area contributed by atoms with Gasteiger partial charge in [-0.1, -0.05) is 35.9 Å². The Morgan fingerprint density at radius 2 is 1.69 bits per heavy atom. The van der Waals surface area contributed by atoms with Crippen LogP contribution in [0.4, 0.5) is 0 Å². The van der Waals surface area contributed by atoms with Gasteiger partial charge in [0.15, 0.2) is 0 Å². The summed E-state index contributed by atoms with van der Waals surface area (Å²) in [7, 11) is 0. The molecule has 0 N–H and O–H groups in total. The summed E-state index contributed by atoms with van der Waals surface area (Å²) in [5, 5.41) is 0.530. The number of hydrogen-bond donors (Lipinski definition) is 0. The Labute approximate surface area is 175 Å². The first kappa shape index (κ1) is 19.6. The van der Waals surface area contributed by atoms with Crippen LogP contribution in [0.2, 0.25) is 5.02 Å². The molecule has 6 heteroatoms. The Kier molecular flexibility index (Phi) is 4.95. The van der Waals surface area contributed by atoms with Crippen molar-refractivity contribution in [2.75, 3.05) is 13.1 Å². The molecular formula is C23H23ClN2O3. The molecule has 1 saturated carbocycles. The van der Waals surface area contributed by atoms with Gasteiger partial charge in [0.25, 0.3) is 11.8 Å². The Morgan fingerprint density at radius 1 is 1.07 bits per heavy atom. The number of fused-ring (bicyclic) bond motifs is 1. The van der Waals surface area contributed by atoms with Gasteiger partial charge in [-0.05, 0) is 56.5 Å². The highest BCUT2D eigenvalue weighted by Crippen LogP contribution is 2.50. The molecule has 29 heavy (non-hydrogen) atoms. The van der Waals surface area contributed by atoms with E-state index in [0.29, 0.717) is 42.1 Å². The number of benzene rings is 2. The average Bonchev–Trinajstić information content (AvgIpc) is 2.94. The van der Waals surface area contributed by atoms with Crippen LogP contribution in [-0.4, -0.2) is 46.7 Å². The highest BCUT2D eigenvalue weighted by atomic mass is 35.5. The van der Waals surface area contributed by atoms with Crippen LogP contribution in [0, 0.1) is 0 Å². The molecule has 2 aliphatic rings. The van der Waals surface area contributed by atoms with Crippen molar-refractivity contribution in [3.63, 3.8) is 0 Å². The van der Waals surface area contributed by atoms with Crippen LogP contribution in [0.5, 0.6) is 0 Å². The molecule has 1 heterocycles. The molecule has 0 saturated heterocycles. The summed E-state index contributed by atoms with van der Waals surface area (Å²) < 4.78 is 0. The molecule has 0 aromatic heterocycles. The van der Waals surface area contributed by atoms with E-state index in [1.54, 1.807) is 41.3 Å². The van der Waals surface area contributed by atoms with E-state index in [2.05, 4.69) is 0 Å². The lowest BCUT2D eigenvalue weighted by Gasteiger charge is -2.52. The number of halogens is 1. The van der Waals surface area contributed by atoms with E-state index in [0.717, 1.165) is 5.56 Å². The molecule has 2 atom stereocenters. The first-order valence-corrected chi connectivity index (χ1v) is 10.4. The molecule has 1 fully saturated rings. The first-order valence-electron chi connectivity index (χ1n) is 9.98. The van der Waals surface area contributed by atoms with Gasteiger partial charge in [-0.15, -0.1) is 0 Å². The van der Waals surface area contributed by atoms with Crippen molar-refractivity contribution >= 4 is 29.3 Å². The summed E-state index contributed by atoms with van der Waals surface area (Å²) in [4.78, 5) is 43.0. The minimum atomic E-state index is -0.968. The van der Waals surface area contributed by atoms with Gasteiger partial charge in [0.2, 0.25) is 5.91 Å². The molecule has 0 bridgehead atoms. The van der Waals surface area contributed by atoms with E-state index in [-0.39, 0.29) is 17.7 Å². The summed E-state index contributed by atoms with van der Waals surface area (Å²) in [6, 6.07) is 13.5. The zero-order chi connectivity index (χ0) is 20.8. The molecule has 2 unspecified atom stereocenters. The predicted molar refractivity (Wildman–Crippen MR) is 111 cm³/mol. The summed E-state index contributed by atoms with van der Waals surface area (Å²) in [6.07, 6.45) is 1.16. The number of likely N-dealkylation sites (N-methyl/N-ethyl adjacent to an activating group) is 1. The normalized spacial score (nSPS) is 23.0. The maximum atomic E-state index is 13.7. The van der Waals surface area contributed by atoms with Crippen molar-refractivity contribution in [2.24, 2.45) is 0 Å². The fourth-order valence-electron chi connectivity index (χ4n) is 4.67. The highest BCUT2D eigenvalue weighted by Gasteiger charge is 2.60. The van der Waals surface area contributed by atoms with Crippen molar-refractivity contribution in [3.8, 4) is 0 Å². The van der Waals surface area contributed by atoms with Crippen molar-refractivity contribution in [1.82, 2.24) is 9.80 Å². The second kappa shape index (κ2) is 7.30. The number of carbonyl (C=O) groups excluding carboxylic acids is 3. The average molecular weight is 411 g/mol. The molecule has 0 radical (unpaired) electrons. The number of hydrogen-bond acceptors (Lipinski definition) is 3. The smallest absolute Gasteiger partial charge is 0.261 e. The molecule has 1 aliphatic carbocycles. The van der Waals surface area contributed by atoms with Crippen molar-refractivity contribution < 1.29 is 14.4 Å². The Morgan fingerprint density at radius 3 is 2.17 bits per heavy atom. The van der Waals surface area contributed by atoms with Gasteiger partial charge in [-0.3, -0.25) is 19.3 Å². The predicted octanol–water partition coefficient (Wildman–Crippen LogP) is 3.90. The highest BCUT2D eigenvalue weighted by molar-refractivity contribution is 6.30. The number of nitrogens with zero attached hydrogens (tertiary/aromatic N) is 2. The summed E-state index contributed by atoms with van der Waals surface area (Å²) in [6.45, 7) is 4.99. The van der Waals surface area contributed by atoms with Gasteiger partial charge in [-0.2, -0.15) is 0 Å². The number of amides is 3. The Balaban J connectivity index is 1.82. The zero-order valence-corrected chi connectivity index (χ0v) is 17.3. The Hall–Kier alpha value is -2.66.